The van der Waals surface area contributed by atoms with Crippen LogP contribution in [0.5, 0.6) is 11.5 Å². The van der Waals surface area contributed by atoms with E-state index in [0.29, 0.717) is 26.6 Å². The zero-order chi connectivity index (χ0) is 16.2. The average molecular weight is 365 g/mol. The van der Waals surface area contributed by atoms with Crippen molar-refractivity contribution >= 4 is 46.2 Å². The van der Waals surface area contributed by atoms with Gasteiger partial charge in [-0.2, -0.15) is 0 Å². The summed E-state index contributed by atoms with van der Waals surface area (Å²) in [4.78, 5) is 0. The number of benzene rings is 3. The van der Waals surface area contributed by atoms with E-state index in [4.69, 9.17) is 39.5 Å². The summed E-state index contributed by atoms with van der Waals surface area (Å²) in [6.07, 6.45) is 0. The molecule has 0 radical (unpaired) electrons. The first-order valence-corrected chi connectivity index (χ1v) is 8.00. The Morgan fingerprint density at radius 1 is 0.652 bits per heavy atom. The second kappa shape index (κ2) is 7.14. The molecule has 3 rings (SSSR count). The zero-order valence-electron chi connectivity index (χ0n) is 11.9. The first-order chi connectivity index (χ1) is 11.1. The molecule has 0 atom stereocenters. The molecule has 0 amide bonds. The van der Waals surface area contributed by atoms with Gasteiger partial charge in [-0.15, -0.1) is 0 Å². The summed E-state index contributed by atoms with van der Waals surface area (Å²) in [6, 6.07) is 20.4. The Bertz CT molecular complexity index is 822. The Morgan fingerprint density at radius 3 is 1.96 bits per heavy atom. The lowest BCUT2D eigenvalue weighted by molar-refractivity contribution is 0.483. The number of para-hydroxylation sites is 1. The van der Waals surface area contributed by atoms with E-state index in [1.807, 2.05) is 36.4 Å². The highest BCUT2D eigenvalue weighted by Gasteiger charge is 2.08. The molecule has 0 fully saturated rings. The fraction of sp³-hybridized carbons (Fsp3) is 0. The number of ether oxygens (including phenoxy) is 1. The fourth-order valence-corrected chi connectivity index (χ4v) is 2.69. The van der Waals surface area contributed by atoms with Crippen LogP contribution in [0.3, 0.4) is 0 Å². The van der Waals surface area contributed by atoms with Crippen molar-refractivity contribution in [1.82, 2.24) is 0 Å². The molecule has 0 heterocycles. The highest BCUT2D eigenvalue weighted by atomic mass is 35.5. The summed E-state index contributed by atoms with van der Waals surface area (Å²) in [5.74, 6) is 1.02. The third kappa shape index (κ3) is 4.11. The third-order valence-corrected chi connectivity index (χ3v) is 3.93. The third-order valence-electron chi connectivity index (χ3n) is 3.11. The molecule has 0 aromatic heterocycles. The lowest BCUT2D eigenvalue weighted by Crippen LogP contribution is -1.91. The molecule has 0 aliphatic carbocycles. The van der Waals surface area contributed by atoms with Crippen molar-refractivity contribution in [3.05, 3.63) is 81.8 Å². The molecule has 0 saturated heterocycles. The molecule has 0 spiro atoms. The number of hydrogen-bond acceptors (Lipinski definition) is 2. The summed E-state index contributed by atoms with van der Waals surface area (Å²) in [5, 5.41) is 4.74. The van der Waals surface area contributed by atoms with Crippen molar-refractivity contribution in [2.45, 2.75) is 0 Å². The second-order valence-corrected chi connectivity index (χ2v) is 6.06. The Morgan fingerprint density at radius 2 is 1.30 bits per heavy atom. The first kappa shape index (κ1) is 16.0. The highest BCUT2D eigenvalue weighted by Crippen LogP contribution is 2.36. The van der Waals surface area contributed by atoms with Gasteiger partial charge >= 0.3 is 0 Å². The van der Waals surface area contributed by atoms with Crippen LogP contribution in [-0.2, 0) is 0 Å². The first-order valence-electron chi connectivity index (χ1n) is 6.86. The molecule has 3 aromatic carbocycles. The van der Waals surface area contributed by atoms with Gasteiger partial charge in [0.05, 0.1) is 10.0 Å². The molecule has 1 N–H and O–H groups in total. The van der Waals surface area contributed by atoms with Gasteiger partial charge < -0.3 is 10.1 Å². The second-order valence-electron chi connectivity index (χ2n) is 4.81. The Hall–Kier alpha value is -1.87. The van der Waals surface area contributed by atoms with Crippen LogP contribution >= 0.6 is 34.8 Å². The predicted molar refractivity (Wildman–Crippen MR) is 97.7 cm³/mol. The molecule has 0 unspecified atom stereocenters. The molecule has 0 aliphatic rings. The van der Waals surface area contributed by atoms with Crippen molar-refractivity contribution < 1.29 is 4.74 Å². The monoisotopic (exact) mass is 363 g/mol. The SMILES string of the molecule is Clc1ccc(Oc2ccc(Nc3ccccc3)cc2Cl)c(Cl)c1. The van der Waals surface area contributed by atoms with E-state index in [-0.39, 0.29) is 0 Å². The molecular weight excluding hydrogens is 353 g/mol. The summed E-state index contributed by atoms with van der Waals surface area (Å²) in [7, 11) is 0. The van der Waals surface area contributed by atoms with Gasteiger partial charge in [0.1, 0.15) is 11.5 Å². The van der Waals surface area contributed by atoms with Gasteiger partial charge in [0.2, 0.25) is 0 Å². The molecule has 116 valence electrons. The maximum absolute atomic E-state index is 6.29. The van der Waals surface area contributed by atoms with Gasteiger partial charge in [-0.25, -0.2) is 0 Å². The molecule has 5 heteroatoms. The number of anilines is 2. The van der Waals surface area contributed by atoms with Crippen molar-refractivity contribution in [3.63, 3.8) is 0 Å². The van der Waals surface area contributed by atoms with E-state index in [1.165, 1.54) is 0 Å². The molecule has 0 aliphatic heterocycles. The van der Waals surface area contributed by atoms with Crippen LogP contribution in [0.2, 0.25) is 15.1 Å². The van der Waals surface area contributed by atoms with Crippen LogP contribution in [0, 0.1) is 0 Å². The lowest BCUT2D eigenvalue weighted by Gasteiger charge is -2.12. The molecule has 0 bridgehead atoms. The molecule has 23 heavy (non-hydrogen) atoms. The molecule has 2 nitrogen and oxygen atoms in total. The normalized spacial score (nSPS) is 10.4. The smallest absolute Gasteiger partial charge is 0.146 e. The Labute approximate surface area is 149 Å². The average Bonchev–Trinajstić information content (AvgIpc) is 2.53. The zero-order valence-corrected chi connectivity index (χ0v) is 14.2. The Balaban J connectivity index is 1.79. The van der Waals surface area contributed by atoms with E-state index >= 15 is 0 Å². The number of hydrogen-bond donors (Lipinski definition) is 1. The van der Waals surface area contributed by atoms with Gasteiger partial charge in [-0.1, -0.05) is 53.0 Å². The summed E-state index contributed by atoms with van der Waals surface area (Å²) >= 11 is 18.3. The van der Waals surface area contributed by atoms with Crippen molar-refractivity contribution in [2.24, 2.45) is 0 Å². The predicted octanol–water partition coefficient (Wildman–Crippen LogP) is 7.18. The van der Waals surface area contributed by atoms with E-state index in [0.717, 1.165) is 11.4 Å². The minimum absolute atomic E-state index is 0.431. The van der Waals surface area contributed by atoms with Gasteiger partial charge in [0, 0.05) is 16.4 Å². The van der Waals surface area contributed by atoms with Gasteiger partial charge in [0.25, 0.3) is 0 Å². The topological polar surface area (TPSA) is 21.3 Å². The summed E-state index contributed by atoms with van der Waals surface area (Å²) in [6.45, 7) is 0. The fourth-order valence-electron chi connectivity index (χ4n) is 2.03. The Kier molecular flexibility index (Phi) is 4.97. The van der Waals surface area contributed by atoms with Crippen LogP contribution in [0.1, 0.15) is 0 Å². The van der Waals surface area contributed by atoms with Crippen LogP contribution in [0.25, 0.3) is 0 Å². The van der Waals surface area contributed by atoms with Crippen LogP contribution in [0.15, 0.2) is 66.7 Å². The van der Waals surface area contributed by atoms with E-state index in [1.54, 1.807) is 30.3 Å². The lowest BCUT2D eigenvalue weighted by atomic mass is 10.2. The maximum atomic E-state index is 6.29. The number of nitrogens with one attached hydrogen (secondary N) is 1. The van der Waals surface area contributed by atoms with Gasteiger partial charge in [-0.3, -0.25) is 0 Å². The number of halogens is 3. The minimum atomic E-state index is 0.431. The minimum Gasteiger partial charge on any atom is -0.454 e. The molecular formula is C18H12Cl3NO. The summed E-state index contributed by atoms with van der Waals surface area (Å²) in [5.41, 5.74) is 1.86. The van der Waals surface area contributed by atoms with Crippen LogP contribution < -0.4 is 10.1 Å². The largest absolute Gasteiger partial charge is 0.454 e. The standard InChI is InChI=1S/C18H12Cl3NO/c19-12-6-8-17(15(20)10-12)23-18-9-7-14(11-16(18)21)22-13-4-2-1-3-5-13/h1-11,22H. The van der Waals surface area contributed by atoms with E-state index in [2.05, 4.69) is 5.32 Å². The van der Waals surface area contributed by atoms with Gasteiger partial charge in [0.15, 0.2) is 0 Å². The number of rotatable bonds is 4. The maximum Gasteiger partial charge on any atom is 0.146 e. The van der Waals surface area contributed by atoms with Crippen molar-refractivity contribution in [1.29, 1.82) is 0 Å². The summed E-state index contributed by atoms with van der Waals surface area (Å²) < 4.78 is 5.75. The molecule has 3 aromatic rings. The van der Waals surface area contributed by atoms with Gasteiger partial charge in [-0.05, 0) is 48.5 Å². The van der Waals surface area contributed by atoms with Crippen LogP contribution in [-0.4, -0.2) is 0 Å². The van der Waals surface area contributed by atoms with E-state index < -0.39 is 0 Å². The quantitative estimate of drug-likeness (QED) is 0.529. The van der Waals surface area contributed by atoms with Crippen molar-refractivity contribution in [2.75, 3.05) is 5.32 Å². The van der Waals surface area contributed by atoms with E-state index in [9.17, 15) is 0 Å². The van der Waals surface area contributed by atoms with Crippen molar-refractivity contribution in [3.8, 4) is 11.5 Å². The van der Waals surface area contributed by atoms with Crippen LogP contribution in [0.4, 0.5) is 11.4 Å². The molecule has 0 saturated carbocycles. The highest BCUT2D eigenvalue weighted by molar-refractivity contribution is 6.35.